The first-order valence-corrected chi connectivity index (χ1v) is 16.4. The summed E-state index contributed by atoms with van der Waals surface area (Å²) in [5.41, 5.74) is 19.2. The normalized spacial score (nSPS) is 36.5. The van der Waals surface area contributed by atoms with E-state index in [2.05, 4.69) is 61.5 Å². The van der Waals surface area contributed by atoms with Crippen molar-refractivity contribution in [3.63, 3.8) is 0 Å². The highest BCUT2D eigenvalue weighted by molar-refractivity contribution is 5.95. The van der Waals surface area contributed by atoms with Crippen molar-refractivity contribution in [2.24, 2.45) is 39.4 Å². The van der Waals surface area contributed by atoms with Crippen LogP contribution in [0.15, 0.2) is 41.0 Å². The highest BCUT2D eigenvalue weighted by atomic mass is 16.5. The van der Waals surface area contributed by atoms with Crippen LogP contribution >= 0.6 is 0 Å². The first-order chi connectivity index (χ1) is 19.1. The number of allylic oxidation sites excluding steroid dienone is 4. The molecule has 41 heavy (non-hydrogen) atoms. The van der Waals surface area contributed by atoms with Crippen LogP contribution in [-0.2, 0) is 4.74 Å². The molecule has 0 saturated heterocycles. The molecule has 4 heteroatoms. The van der Waals surface area contributed by atoms with E-state index in [0.29, 0.717) is 33.7 Å². The SMILES string of the molecule is CC(C)=CCCC(C)C1CCC2(C)C3=C(CCC12C)C1(C)CCC(OC(=O)c2ccc(N)cc2N)C(C)(C)C1CC3. The molecule has 4 aliphatic carbocycles. The molecule has 7 atom stereocenters. The Bertz CT molecular complexity index is 1260. The van der Waals surface area contributed by atoms with Gasteiger partial charge >= 0.3 is 5.97 Å². The molecule has 0 spiro atoms. The van der Waals surface area contributed by atoms with Crippen molar-refractivity contribution >= 4 is 17.3 Å². The van der Waals surface area contributed by atoms with Crippen LogP contribution in [0.4, 0.5) is 11.4 Å². The van der Waals surface area contributed by atoms with Crippen LogP contribution in [-0.4, -0.2) is 12.1 Å². The fourth-order valence-electron chi connectivity index (χ4n) is 10.6. The number of hydrogen-bond acceptors (Lipinski definition) is 4. The summed E-state index contributed by atoms with van der Waals surface area (Å²) in [6.45, 7) is 19.5. The highest BCUT2D eigenvalue weighted by Gasteiger charge is 2.63. The number of carbonyl (C=O) groups is 1. The van der Waals surface area contributed by atoms with Crippen LogP contribution in [0.3, 0.4) is 0 Å². The van der Waals surface area contributed by atoms with Gasteiger partial charge in [0.1, 0.15) is 6.10 Å². The molecular weight excluding hydrogens is 504 g/mol. The van der Waals surface area contributed by atoms with E-state index in [9.17, 15) is 4.79 Å². The molecule has 2 fully saturated rings. The van der Waals surface area contributed by atoms with Gasteiger partial charge in [-0.1, -0.05) is 64.3 Å². The van der Waals surface area contributed by atoms with Gasteiger partial charge in [0.2, 0.25) is 0 Å². The summed E-state index contributed by atoms with van der Waals surface area (Å²) in [4.78, 5) is 13.2. The van der Waals surface area contributed by atoms with Crippen molar-refractivity contribution in [2.75, 3.05) is 11.5 Å². The Labute approximate surface area is 249 Å². The van der Waals surface area contributed by atoms with E-state index in [4.69, 9.17) is 16.2 Å². The Balaban J connectivity index is 1.38. The number of nitrogens with two attached hydrogens (primary N) is 2. The molecule has 0 heterocycles. The number of rotatable bonds is 6. The van der Waals surface area contributed by atoms with E-state index in [0.717, 1.165) is 24.7 Å². The van der Waals surface area contributed by atoms with E-state index >= 15 is 0 Å². The zero-order valence-corrected chi connectivity index (χ0v) is 27.2. The molecule has 0 bridgehead atoms. The molecule has 4 N–H and O–H groups in total. The van der Waals surface area contributed by atoms with Crippen LogP contribution in [0, 0.1) is 39.4 Å². The van der Waals surface area contributed by atoms with Crippen LogP contribution < -0.4 is 11.5 Å². The summed E-state index contributed by atoms with van der Waals surface area (Å²) < 4.78 is 6.26. The van der Waals surface area contributed by atoms with E-state index in [-0.39, 0.29) is 22.9 Å². The number of hydrogen-bond donors (Lipinski definition) is 2. The number of benzene rings is 1. The lowest BCUT2D eigenvalue weighted by molar-refractivity contribution is -0.104. The first-order valence-electron chi connectivity index (χ1n) is 16.4. The number of ether oxygens (including phenoxy) is 1. The quantitative estimate of drug-likeness (QED) is 0.206. The van der Waals surface area contributed by atoms with Crippen molar-refractivity contribution in [3.05, 3.63) is 46.6 Å². The summed E-state index contributed by atoms with van der Waals surface area (Å²) in [5.74, 6) is 1.75. The zero-order valence-electron chi connectivity index (χ0n) is 27.2. The largest absolute Gasteiger partial charge is 0.458 e. The van der Waals surface area contributed by atoms with E-state index in [1.54, 1.807) is 23.8 Å². The van der Waals surface area contributed by atoms with Crippen molar-refractivity contribution in [3.8, 4) is 0 Å². The van der Waals surface area contributed by atoms with Crippen molar-refractivity contribution in [2.45, 2.75) is 126 Å². The highest BCUT2D eigenvalue weighted by Crippen LogP contribution is 2.72. The fourth-order valence-corrected chi connectivity index (χ4v) is 10.6. The molecule has 0 aromatic heterocycles. The predicted octanol–water partition coefficient (Wildman–Crippen LogP) is 9.51. The second-order valence-electron chi connectivity index (χ2n) is 15.8. The number of nitrogen functional groups attached to an aromatic ring is 2. The molecule has 0 amide bonds. The van der Waals surface area contributed by atoms with Crippen LogP contribution in [0.5, 0.6) is 0 Å². The van der Waals surface area contributed by atoms with Gasteiger partial charge in [-0.25, -0.2) is 4.79 Å². The monoisotopic (exact) mass is 560 g/mol. The Kier molecular flexibility index (Phi) is 7.74. The van der Waals surface area contributed by atoms with Gasteiger partial charge in [-0.2, -0.15) is 0 Å². The Hall–Kier alpha value is -2.23. The molecule has 5 rings (SSSR count). The number of carbonyl (C=O) groups excluding carboxylic acids is 1. The second kappa shape index (κ2) is 10.5. The maximum absolute atomic E-state index is 13.2. The molecule has 226 valence electrons. The van der Waals surface area contributed by atoms with Gasteiger partial charge < -0.3 is 16.2 Å². The van der Waals surface area contributed by atoms with Gasteiger partial charge in [0.05, 0.1) is 5.56 Å². The summed E-state index contributed by atoms with van der Waals surface area (Å²) in [5, 5.41) is 0. The lowest BCUT2D eigenvalue weighted by atomic mass is 9.43. The predicted molar refractivity (Wildman–Crippen MR) is 171 cm³/mol. The summed E-state index contributed by atoms with van der Waals surface area (Å²) in [6, 6.07) is 5.06. The molecule has 1 aromatic carbocycles. The summed E-state index contributed by atoms with van der Waals surface area (Å²) >= 11 is 0. The van der Waals surface area contributed by atoms with Gasteiger partial charge in [-0.05, 0) is 130 Å². The van der Waals surface area contributed by atoms with Gasteiger partial charge in [-0.15, -0.1) is 0 Å². The smallest absolute Gasteiger partial charge is 0.340 e. The molecule has 4 nitrogen and oxygen atoms in total. The van der Waals surface area contributed by atoms with Gasteiger partial charge in [0.25, 0.3) is 0 Å². The third-order valence-electron chi connectivity index (χ3n) is 13.2. The minimum absolute atomic E-state index is 0.108. The lowest BCUT2D eigenvalue weighted by Gasteiger charge is -2.62. The van der Waals surface area contributed by atoms with Crippen molar-refractivity contribution < 1.29 is 9.53 Å². The molecule has 7 unspecified atom stereocenters. The van der Waals surface area contributed by atoms with Crippen LogP contribution in [0.25, 0.3) is 0 Å². The van der Waals surface area contributed by atoms with Gasteiger partial charge in [0, 0.05) is 16.8 Å². The van der Waals surface area contributed by atoms with Crippen molar-refractivity contribution in [1.82, 2.24) is 0 Å². The fraction of sp³-hybridized carbons (Fsp3) is 0.703. The molecule has 2 saturated carbocycles. The first kappa shape index (κ1) is 30.2. The molecule has 4 aliphatic rings. The van der Waals surface area contributed by atoms with Gasteiger partial charge in [0.15, 0.2) is 0 Å². The molecule has 1 aromatic rings. The van der Waals surface area contributed by atoms with Crippen LogP contribution in [0.1, 0.15) is 130 Å². The van der Waals surface area contributed by atoms with E-state index < -0.39 is 0 Å². The average Bonchev–Trinajstić information content (AvgIpc) is 3.16. The number of anilines is 2. The molecular formula is C37H56N2O2. The molecule has 0 aliphatic heterocycles. The number of fused-ring (bicyclic) bond motifs is 4. The van der Waals surface area contributed by atoms with E-state index in [1.807, 2.05) is 5.57 Å². The number of esters is 1. The summed E-state index contributed by atoms with van der Waals surface area (Å²) in [7, 11) is 0. The van der Waals surface area contributed by atoms with Crippen molar-refractivity contribution in [1.29, 1.82) is 0 Å². The maximum Gasteiger partial charge on any atom is 0.340 e. The Morgan fingerprint density at radius 1 is 1.00 bits per heavy atom. The summed E-state index contributed by atoms with van der Waals surface area (Å²) in [6.07, 6.45) is 14.5. The zero-order chi connectivity index (χ0) is 30.0. The minimum atomic E-state index is -0.323. The Morgan fingerprint density at radius 3 is 2.41 bits per heavy atom. The third-order valence-corrected chi connectivity index (χ3v) is 13.2. The lowest BCUT2D eigenvalue weighted by Crippen LogP contribution is -2.55. The average molecular weight is 561 g/mol. The molecule has 0 radical (unpaired) electrons. The Morgan fingerprint density at radius 2 is 1.73 bits per heavy atom. The second-order valence-corrected chi connectivity index (χ2v) is 15.8. The third kappa shape index (κ3) is 4.76. The van der Waals surface area contributed by atoms with Crippen LogP contribution in [0.2, 0.25) is 0 Å². The minimum Gasteiger partial charge on any atom is -0.458 e. The topological polar surface area (TPSA) is 78.3 Å². The standard InChI is InChI=1S/C37H56N2O2/c1-23(2)10-9-11-24(3)27-16-20-37(8)29-14-15-31-34(4,5)32(41-33(40)26-13-12-25(38)22-30(26)39)18-19-35(31,6)28(29)17-21-36(27,37)7/h10,12-13,22,24,27,31-32H,9,11,14-21,38-39H2,1-8H3. The maximum atomic E-state index is 13.2. The van der Waals surface area contributed by atoms with Gasteiger partial charge in [-0.3, -0.25) is 0 Å². The van der Waals surface area contributed by atoms with E-state index in [1.165, 1.54) is 56.9 Å².